The second kappa shape index (κ2) is 6.34. The lowest BCUT2D eigenvalue weighted by molar-refractivity contribution is 0.0716. The van der Waals surface area contributed by atoms with Crippen molar-refractivity contribution >= 4 is 34.5 Å². The molecule has 0 atom stereocenters. The molecule has 1 fully saturated rings. The van der Waals surface area contributed by atoms with Crippen molar-refractivity contribution in [3.05, 3.63) is 16.3 Å². The Morgan fingerprint density at radius 2 is 2.26 bits per heavy atom. The van der Waals surface area contributed by atoms with Crippen molar-refractivity contribution in [1.82, 2.24) is 4.90 Å². The van der Waals surface area contributed by atoms with Gasteiger partial charge in [-0.25, -0.2) is 0 Å². The van der Waals surface area contributed by atoms with E-state index in [1.807, 2.05) is 16.3 Å². The predicted octanol–water partition coefficient (Wildman–Crippen LogP) is 2.43. The fraction of sp³-hybridized carbons (Fsp3) is 0.538. The maximum Gasteiger partial charge on any atom is 0.268 e. The van der Waals surface area contributed by atoms with Gasteiger partial charge in [0.05, 0.1) is 18.6 Å². The second-order valence-electron chi connectivity index (χ2n) is 4.66. The van der Waals surface area contributed by atoms with Crippen LogP contribution in [0.15, 0.2) is 11.4 Å². The van der Waals surface area contributed by atoms with Gasteiger partial charge in [-0.05, 0) is 24.3 Å². The molecule has 1 amide bonds. The molecule has 1 saturated carbocycles. The van der Waals surface area contributed by atoms with Crippen LogP contribution in [0, 0.1) is 0 Å². The summed E-state index contributed by atoms with van der Waals surface area (Å²) in [5.74, 6) is 0.604. The van der Waals surface area contributed by atoms with Gasteiger partial charge in [-0.3, -0.25) is 4.79 Å². The van der Waals surface area contributed by atoms with Gasteiger partial charge in [-0.1, -0.05) is 25.1 Å². The van der Waals surface area contributed by atoms with Crippen molar-refractivity contribution < 1.29 is 9.53 Å². The molecule has 2 N–H and O–H groups in total. The first kappa shape index (κ1) is 14.3. The highest BCUT2D eigenvalue weighted by molar-refractivity contribution is 7.80. The second-order valence-corrected chi connectivity index (χ2v) is 6.10. The molecule has 6 heteroatoms. The van der Waals surface area contributed by atoms with E-state index in [1.54, 1.807) is 7.11 Å². The Morgan fingerprint density at radius 3 is 2.84 bits per heavy atom. The Balaban J connectivity index is 2.21. The largest absolute Gasteiger partial charge is 0.495 e. The number of carbonyl (C=O) groups is 1. The number of hydrogen-bond donors (Lipinski definition) is 1. The summed E-state index contributed by atoms with van der Waals surface area (Å²) >= 11 is 6.37. The maximum atomic E-state index is 12.6. The van der Waals surface area contributed by atoms with E-state index in [0.717, 1.165) is 25.7 Å². The standard InChI is InChI=1S/C13H18N2O2S2/c1-17-10-6-7-19-12(10)13(16)15(8-11(14)18)9-4-2-3-5-9/h6-7,9H,2-5,8H2,1H3,(H2,14,18). The van der Waals surface area contributed by atoms with Crippen LogP contribution in [0.3, 0.4) is 0 Å². The normalized spacial score (nSPS) is 15.4. The Bertz CT molecular complexity index is 467. The van der Waals surface area contributed by atoms with Crippen LogP contribution in [-0.4, -0.2) is 35.5 Å². The van der Waals surface area contributed by atoms with Crippen LogP contribution in [0.25, 0.3) is 0 Å². The molecule has 1 aliphatic rings. The molecule has 19 heavy (non-hydrogen) atoms. The van der Waals surface area contributed by atoms with Crippen LogP contribution in [-0.2, 0) is 0 Å². The first-order chi connectivity index (χ1) is 9.13. The summed E-state index contributed by atoms with van der Waals surface area (Å²) in [6, 6.07) is 2.06. The van der Waals surface area contributed by atoms with Crippen molar-refractivity contribution in [3.63, 3.8) is 0 Å². The van der Waals surface area contributed by atoms with Crippen molar-refractivity contribution in [3.8, 4) is 5.75 Å². The molecule has 0 unspecified atom stereocenters. The average molecular weight is 298 g/mol. The first-order valence-electron chi connectivity index (χ1n) is 6.34. The van der Waals surface area contributed by atoms with Gasteiger partial charge in [-0.2, -0.15) is 0 Å². The minimum absolute atomic E-state index is 0.0217. The van der Waals surface area contributed by atoms with Crippen molar-refractivity contribution in [2.24, 2.45) is 5.73 Å². The lowest BCUT2D eigenvalue weighted by Gasteiger charge is -2.28. The first-order valence-corrected chi connectivity index (χ1v) is 7.63. The Kier molecular flexibility index (Phi) is 4.76. The third-order valence-corrected chi connectivity index (χ3v) is 4.41. The Labute approximate surface area is 122 Å². The molecule has 1 aromatic rings. The molecule has 0 saturated heterocycles. The van der Waals surface area contributed by atoms with E-state index < -0.39 is 0 Å². The summed E-state index contributed by atoms with van der Waals surface area (Å²) in [6.45, 7) is 0.347. The maximum absolute atomic E-state index is 12.6. The van der Waals surface area contributed by atoms with Gasteiger partial charge in [0.25, 0.3) is 5.91 Å². The lowest BCUT2D eigenvalue weighted by atomic mass is 10.2. The minimum atomic E-state index is -0.0217. The molecule has 0 aliphatic heterocycles. The summed E-state index contributed by atoms with van der Waals surface area (Å²) < 4.78 is 5.22. The molecule has 0 spiro atoms. The molecular weight excluding hydrogens is 280 g/mol. The molecule has 1 heterocycles. The van der Waals surface area contributed by atoms with E-state index in [4.69, 9.17) is 22.7 Å². The zero-order chi connectivity index (χ0) is 13.8. The number of thiophene rings is 1. The SMILES string of the molecule is COc1ccsc1C(=O)N(CC(N)=S)C1CCCC1. The lowest BCUT2D eigenvalue weighted by Crippen LogP contribution is -2.43. The van der Waals surface area contributed by atoms with Crippen molar-refractivity contribution in [2.75, 3.05) is 13.7 Å². The molecule has 0 aromatic carbocycles. The van der Waals surface area contributed by atoms with E-state index in [2.05, 4.69) is 0 Å². The Hall–Kier alpha value is -1.14. The molecular formula is C13H18N2O2S2. The monoisotopic (exact) mass is 298 g/mol. The molecule has 0 radical (unpaired) electrons. The van der Waals surface area contributed by atoms with E-state index in [0.29, 0.717) is 22.2 Å². The number of rotatable bonds is 5. The average Bonchev–Trinajstić information content (AvgIpc) is 3.05. The van der Waals surface area contributed by atoms with Crippen LogP contribution in [0.5, 0.6) is 5.75 Å². The number of methoxy groups -OCH3 is 1. The zero-order valence-corrected chi connectivity index (χ0v) is 12.6. The molecule has 2 rings (SSSR count). The van der Waals surface area contributed by atoms with Crippen LogP contribution >= 0.6 is 23.6 Å². The number of nitrogens with two attached hydrogens (primary N) is 1. The van der Waals surface area contributed by atoms with Gasteiger partial charge in [0, 0.05) is 6.04 Å². The highest BCUT2D eigenvalue weighted by atomic mass is 32.1. The van der Waals surface area contributed by atoms with Crippen LogP contribution in [0.1, 0.15) is 35.4 Å². The third kappa shape index (κ3) is 3.25. The van der Waals surface area contributed by atoms with E-state index in [9.17, 15) is 4.79 Å². The fourth-order valence-electron chi connectivity index (χ4n) is 2.50. The molecule has 1 aromatic heterocycles. The summed E-state index contributed by atoms with van der Waals surface area (Å²) in [5, 5.41) is 1.86. The van der Waals surface area contributed by atoms with Crippen LogP contribution in [0.4, 0.5) is 0 Å². The van der Waals surface area contributed by atoms with Gasteiger partial charge in [0.15, 0.2) is 0 Å². The highest BCUT2D eigenvalue weighted by Crippen LogP contribution is 2.30. The van der Waals surface area contributed by atoms with Crippen molar-refractivity contribution in [1.29, 1.82) is 0 Å². The molecule has 4 nitrogen and oxygen atoms in total. The summed E-state index contributed by atoms with van der Waals surface area (Å²) in [4.78, 5) is 15.4. The number of ether oxygens (including phenoxy) is 1. The van der Waals surface area contributed by atoms with E-state index >= 15 is 0 Å². The van der Waals surface area contributed by atoms with Gasteiger partial charge in [0.1, 0.15) is 10.6 Å². The summed E-state index contributed by atoms with van der Waals surface area (Å²) in [7, 11) is 1.58. The number of thiocarbonyl (C=S) groups is 1. The van der Waals surface area contributed by atoms with Crippen LogP contribution < -0.4 is 10.5 Å². The number of amides is 1. The zero-order valence-electron chi connectivity index (χ0n) is 10.9. The Morgan fingerprint density at radius 1 is 1.58 bits per heavy atom. The third-order valence-electron chi connectivity index (χ3n) is 3.40. The minimum Gasteiger partial charge on any atom is -0.495 e. The van der Waals surface area contributed by atoms with Gasteiger partial charge in [0.2, 0.25) is 0 Å². The molecule has 104 valence electrons. The quantitative estimate of drug-likeness (QED) is 0.848. The predicted molar refractivity (Wildman–Crippen MR) is 80.9 cm³/mol. The topological polar surface area (TPSA) is 55.6 Å². The number of nitrogens with zero attached hydrogens (tertiary/aromatic N) is 1. The van der Waals surface area contributed by atoms with Gasteiger partial charge in [-0.15, -0.1) is 11.3 Å². The van der Waals surface area contributed by atoms with E-state index in [1.165, 1.54) is 11.3 Å². The summed E-state index contributed by atoms with van der Waals surface area (Å²) in [6.07, 6.45) is 4.38. The number of hydrogen-bond acceptors (Lipinski definition) is 4. The van der Waals surface area contributed by atoms with Gasteiger partial charge >= 0.3 is 0 Å². The smallest absolute Gasteiger partial charge is 0.268 e. The van der Waals surface area contributed by atoms with E-state index in [-0.39, 0.29) is 11.9 Å². The van der Waals surface area contributed by atoms with Crippen LogP contribution in [0.2, 0.25) is 0 Å². The highest BCUT2D eigenvalue weighted by Gasteiger charge is 2.29. The fourth-order valence-corrected chi connectivity index (χ4v) is 3.45. The molecule has 0 bridgehead atoms. The van der Waals surface area contributed by atoms with Gasteiger partial charge < -0.3 is 15.4 Å². The number of carbonyl (C=O) groups excluding carboxylic acids is 1. The molecule has 1 aliphatic carbocycles. The summed E-state index contributed by atoms with van der Waals surface area (Å²) in [5.41, 5.74) is 5.63. The van der Waals surface area contributed by atoms with Crippen molar-refractivity contribution in [2.45, 2.75) is 31.7 Å².